The highest BCUT2D eigenvalue weighted by molar-refractivity contribution is 5.91. The lowest BCUT2D eigenvalue weighted by atomic mass is 10.3. The summed E-state index contributed by atoms with van der Waals surface area (Å²) in [5.74, 6) is -0.346. The summed E-state index contributed by atoms with van der Waals surface area (Å²) in [5, 5.41) is 0. The van der Waals surface area contributed by atoms with E-state index in [1.165, 1.54) is 13.2 Å². The molecule has 1 saturated heterocycles. The molecule has 1 fully saturated rings. The lowest BCUT2D eigenvalue weighted by Gasteiger charge is -2.31. The minimum atomic E-state index is -0.313. The summed E-state index contributed by atoms with van der Waals surface area (Å²) in [6.07, 6.45) is 1.47. The number of carbonyl (C=O) groups is 3. The van der Waals surface area contributed by atoms with Gasteiger partial charge >= 0.3 is 0 Å². The molecule has 2 heterocycles. The average Bonchev–Trinajstić information content (AvgIpc) is 2.99. The Hall–Kier alpha value is -2.35. The molecule has 0 radical (unpaired) electrons. The zero-order valence-corrected chi connectivity index (χ0v) is 11.8. The van der Waals surface area contributed by atoms with E-state index < -0.39 is 0 Å². The summed E-state index contributed by atoms with van der Waals surface area (Å²) in [6.45, 7) is 4.10. The van der Waals surface area contributed by atoms with Gasteiger partial charge in [0.1, 0.15) is 0 Å². The third kappa shape index (κ3) is 4.32. The first-order chi connectivity index (χ1) is 10.1. The summed E-state index contributed by atoms with van der Waals surface area (Å²) in [5.41, 5.74) is 4.58. The Morgan fingerprint density at radius 2 is 2.00 bits per heavy atom. The number of hydrazine groups is 1. The van der Waals surface area contributed by atoms with Gasteiger partial charge in [0, 0.05) is 6.92 Å². The largest absolute Gasteiger partial charge is 0.459 e. The molecular weight excluding hydrogens is 276 g/mol. The second kappa shape index (κ2) is 6.89. The normalized spacial score (nSPS) is 15.6. The van der Waals surface area contributed by atoms with Crippen molar-refractivity contribution in [1.29, 1.82) is 0 Å². The number of piperazine rings is 1. The van der Waals surface area contributed by atoms with E-state index in [0.717, 1.165) is 4.90 Å². The molecule has 0 spiro atoms. The maximum Gasteiger partial charge on any atom is 0.293 e. The van der Waals surface area contributed by atoms with Crippen molar-refractivity contribution >= 4 is 17.7 Å². The summed E-state index contributed by atoms with van der Waals surface area (Å²) >= 11 is 0. The van der Waals surface area contributed by atoms with E-state index in [0.29, 0.717) is 31.9 Å². The molecule has 0 unspecified atom stereocenters. The third-order valence-corrected chi connectivity index (χ3v) is 3.28. The van der Waals surface area contributed by atoms with Crippen molar-refractivity contribution in [2.24, 2.45) is 0 Å². The molecule has 114 valence electrons. The average molecular weight is 295 g/mol. The number of nitrogens with zero attached hydrogens (tertiary/aromatic N) is 1. The summed E-state index contributed by atoms with van der Waals surface area (Å²) in [7, 11) is 0. The highest BCUT2D eigenvalue weighted by atomic mass is 16.3. The van der Waals surface area contributed by atoms with E-state index in [9.17, 15) is 14.4 Å². The summed E-state index contributed by atoms with van der Waals surface area (Å²) < 4.78 is 5.09. The Kier molecular flexibility index (Phi) is 4.94. The number of rotatable bonds is 3. The van der Waals surface area contributed by atoms with Gasteiger partial charge in [-0.25, -0.2) is 0 Å². The fourth-order valence-electron chi connectivity index (χ4n) is 2.19. The molecule has 3 amide bonds. The molecule has 0 aromatic carbocycles. The number of amides is 3. The van der Waals surface area contributed by atoms with E-state index in [-0.39, 0.29) is 24.3 Å². The van der Waals surface area contributed by atoms with Crippen LogP contribution in [-0.2, 0) is 9.59 Å². The van der Waals surface area contributed by atoms with Crippen molar-refractivity contribution in [3.63, 3.8) is 0 Å². The molecule has 0 saturated carbocycles. The van der Waals surface area contributed by atoms with E-state index in [1.54, 1.807) is 17.0 Å². The zero-order chi connectivity index (χ0) is 15.2. The van der Waals surface area contributed by atoms with Crippen molar-refractivity contribution in [3.8, 4) is 0 Å². The molecular formula is C13H19N4O4+. The highest BCUT2D eigenvalue weighted by Gasteiger charge is 2.26. The number of hydrogen-bond donors (Lipinski definition) is 3. The summed E-state index contributed by atoms with van der Waals surface area (Å²) in [6, 6.07) is 3.32. The van der Waals surface area contributed by atoms with Gasteiger partial charge in [0.2, 0.25) is 5.91 Å². The van der Waals surface area contributed by atoms with Crippen molar-refractivity contribution in [1.82, 2.24) is 15.8 Å². The maximum atomic E-state index is 12.1. The van der Waals surface area contributed by atoms with Crippen molar-refractivity contribution in [2.45, 2.75) is 6.92 Å². The number of furan rings is 1. The monoisotopic (exact) mass is 295 g/mol. The van der Waals surface area contributed by atoms with Crippen LogP contribution in [0.15, 0.2) is 22.8 Å². The number of quaternary nitrogens is 1. The Morgan fingerprint density at radius 1 is 1.29 bits per heavy atom. The smallest absolute Gasteiger partial charge is 0.293 e. The molecule has 3 N–H and O–H groups in total. The summed E-state index contributed by atoms with van der Waals surface area (Å²) in [4.78, 5) is 37.1. The van der Waals surface area contributed by atoms with E-state index >= 15 is 0 Å². The fourth-order valence-corrected chi connectivity index (χ4v) is 2.19. The molecule has 0 bridgehead atoms. The second-order valence-corrected chi connectivity index (χ2v) is 4.93. The van der Waals surface area contributed by atoms with Crippen LogP contribution in [0.4, 0.5) is 0 Å². The van der Waals surface area contributed by atoms with Crippen LogP contribution in [0.3, 0.4) is 0 Å². The van der Waals surface area contributed by atoms with Gasteiger partial charge in [-0.15, -0.1) is 0 Å². The van der Waals surface area contributed by atoms with Crippen LogP contribution < -0.4 is 15.8 Å². The first-order valence-corrected chi connectivity index (χ1v) is 6.78. The molecule has 1 aromatic rings. The van der Waals surface area contributed by atoms with Gasteiger partial charge in [0.25, 0.3) is 11.8 Å². The van der Waals surface area contributed by atoms with Gasteiger partial charge in [0.05, 0.1) is 32.4 Å². The van der Waals surface area contributed by atoms with Crippen molar-refractivity contribution < 1.29 is 23.7 Å². The molecule has 8 nitrogen and oxygen atoms in total. The van der Waals surface area contributed by atoms with Crippen LogP contribution in [0.1, 0.15) is 17.5 Å². The second-order valence-electron chi connectivity index (χ2n) is 4.93. The molecule has 0 atom stereocenters. The standard InChI is InChI=1S/C13H18N4O4/c1-10(18)14-15-12(19)9-16-4-6-17(7-5-16)13(20)11-3-2-8-21-11/h2-3,8H,4-7,9H2,1H3,(H,14,18)(H,15,19)/p+1. The predicted octanol–water partition coefficient (Wildman–Crippen LogP) is -2.21. The Morgan fingerprint density at radius 3 is 2.57 bits per heavy atom. The molecule has 1 aliphatic heterocycles. The fraction of sp³-hybridized carbons (Fsp3) is 0.462. The quantitative estimate of drug-likeness (QED) is 0.551. The first kappa shape index (κ1) is 15.0. The molecule has 21 heavy (non-hydrogen) atoms. The molecule has 0 aliphatic carbocycles. The van der Waals surface area contributed by atoms with Crippen LogP contribution in [0.25, 0.3) is 0 Å². The number of carbonyl (C=O) groups excluding carboxylic acids is 3. The van der Waals surface area contributed by atoms with Gasteiger partial charge in [0.15, 0.2) is 12.3 Å². The number of nitrogens with one attached hydrogen (secondary N) is 3. The third-order valence-electron chi connectivity index (χ3n) is 3.28. The van der Waals surface area contributed by atoms with Crippen LogP contribution in [0, 0.1) is 0 Å². The lowest BCUT2D eigenvalue weighted by molar-refractivity contribution is -0.896. The Labute approximate surface area is 122 Å². The van der Waals surface area contributed by atoms with Crippen LogP contribution in [0.2, 0.25) is 0 Å². The van der Waals surface area contributed by atoms with Crippen LogP contribution >= 0.6 is 0 Å². The van der Waals surface area contributed by atoms with Gasteiger partial charge in [-0.2, -0.15) is 0 Å². The number of hydrogen-bond acceptors (Lipinski definition) is 4. The van der Waals surface area contributed by atoms with Gasteiger partial charge in [-0.1, -0.05) is 0 Å². The predicted molar refractivity (Wildman–Crippen MR) is 72.1 cm³/mol. The maximum absolute atomic E-state index is 12.1. The van der Waals surface area contributed by atoms with Gasteiger partial charge in [-0.3, -0.25) is 25.2 Å². The first-order valence-electron chi connectivity index (χ1n) is 6.78. The zero-order valence-electron chi connectivity index (χ0n) is 11.8. The van der Waals surface area contributed by atoms with Crippen LogP contribution in [-0.4, -0.2) is 55.3 Å². The SMILES string of the molecule is CC(=O)NNC(=O)C[NH+]1CCN(C(=O)c2ccco2)CC1. The van der Waals surface area contributed by atoms with Gasteiger partial charge in [-0.05, 0) is 12.1 Å². The Balaban J connectivity index is 1.74. The molecule has 1 aliphatic rings. The molecule has 1 aromatic heterocycles. The lowest BCUT2D eigenvalue weighted by Crippen LogP contribution is -3.16. The van der Waals surface area contributed by atoms with Gasteiger partial charge < -0.3 is 14.2 Å². The van der Waals surface area contributed by atoms with Crippen molar-refractivity contribution in [3.05, 3.63) is 24.2 Å². The molecule has 2 rings (SSSR count). The van der Waals surface area contributed by atoms with Crippen molar-refractivity contribution in [2.75, 3.05) is 32.7 Å². The highest BCUT2D eigenvalue weighted by Crippen LogP contribution is 2.05. The Bertz CT molecular complexity index is 506. The van der Waals surface area contributed by atoms with E-state index in [2.05, 4.69) is 10.9 Å². The van der Waals surface area contributed by atoms with Crippen LogP contribution in [0.5, 0.6) is 0 Å². The topological polar surface area (TPSA) is 96.1 Å². The minimum absolute atomic E-state index is 0.123. The minimum Gasteiger partial charge on any atom is -0.459 e. The molecule has 8 heteroatoms. The van der Waals surface area contributed by atoms with E-state index in [4.69, 9.17) is 4.42 Å². The van der Waals surface area contributed by atoms with E-state index in [1.807, 2.05) is 0 Å².